The topological polar surface area (TPSA) is 57.0 Å². The van der Waals surface area contributed by atoms with E-state index in [0.29, 0.717) is 18.1 Å². The van der Waals surface area contributed by atoms with Crippen LogP contribution in [0.15, 0.2) is 49.2 Å². The maximum atomic E-state index is 12.0. The molecule has 2 heterocycles. The van der Waals surface area contributed by atoms with Gasteiger partial charge >= 0.3 is 5.97 Å². The standard InChI is InChI=1S/C16H17N3O2/c20-16(21-11-13-4-2-1-3-5-13)14-6-7-15(18-10-14)19-9-8-17-12-19/h1-2,6-10,12-13H,3-5,11H2. The van der Waals surface area contributed by atoms with E-state index in [0.717, 1.165) is 25.1 Å². The Morgan fingerprint density at radius 2 is 2.33 bits per heavy atom. The number of carbonyl (C=O) groups excluding carboxylic acids is 1. The van der Waals surface area contributed by atoms with Crippen molar-refractivity contribution in [2.45, 2.75) is 19.3 Å². The second-order valence-corrected chi connectivity index (χ2v) is 5.12. The van der Waals surface area contributed by atoms with Gasteiger partial charge in [0.1, 0.15) is 12.1 Å². The largest absolute Gasteiger partial charge is 0.462 e. The Morgan fingerprint density at radius 3 is 3.00 bits per heavy atom. The smallest absolute Gasteiger partial charge is 0.339 e. The van der Waals surface area contributed by atoms with Crippen molar-refractivity contribution in [1.82, 2.24) is 14.5 Å². The number of pyridine rings is 1. The first-order valence-electron chi connectivity index (χ1n) is 7.09. The molecular formula is C16H17N3O2. The van der Waals surface area contributed by atoms with Crippen molar-refractivity contribution in [2.24, 2.45) is 5.92 Å². The van der Waals surface area contributed by atoms with Crippen LogP contribution < -0.4 is 0 Å². The number of esters is 1. The summed E-state index contributed by atoms with van der Waals surface area (Å²) in [5, 5.41) is 0. The zero-order chi connectivity index (χ0) is 14.5. The van der Waals surface area contributed by atoms with Crippen LogP contribution in [0.5, 0.6) is 0 Å². The molecule has 1 aliphatic carbocycles. The van der Waals surface area contributed by atoms with E-state index in [-0.39, 0.29) is 5.97 Å². The first kappa shape index (κ1) is 13.5. The van der Waals surface area contributed by atoms with Crippen LogP contribution in [0.3, 0.4) is 0 Å². The Balaban J connectivity index is 1.58. The number of rotatable bonds is 4. The van der Waals surface area contributed by atoms with Gasteiger partial charge in [-0.25, -0.2) is 14.8 Å². The van der Waals surface area contributed by atoms with Gasteiger partial charge < -0.3 is 4.74 Å². The van der Waals surface area contributed by atoms with Gasteiger partial charge in [-0.3, -0.25) is 4.57 Å². The van der Waals surface area contributed by atoms with Crippen molar-refractivity contribution in [1.29, 1.82) is 0 Å². The van der Waals surface area contributed by atoms with Gasteiger partial charge in [-0.1, -0.05) is 12.2 Å². The third kappa shape index (κ3) is 3.37. The minimum Gasteiger partial charge on any atom is -0.462 e. The van der Waals surface area contributed by atoms with Gasteiger partial charge in [-0.2, -0.15) is 0 Å². The molecule has 0 aromatic carbocycles. The van der Waals surface area contributed by atoms with E-state index in [4.69, 9.17) is 4.74 Å². The number of hydrogen-bond acceptors (Lipinski definition) is 4. The summed E-state index contributed by atoms with van der Waals surface area (Å²) in [4.78, 5) is 20.2. The van der Waals surface area contributed by atoms with E-state index in [1.807, 2.05) is 0 Å². The van der Waals surface area contributed by atoms with E-state index < -0.39 is 0 Å². The highest BCUT2D eigenvalue weighted by atomic mass is 16.5. The average Bonchev–Trinajstić information content (AvgIpc) is 3.08. The molecular weight excluding hydrogens is 266 g/mol. The van der Waals surface area contributed by atoms with E-state index in [1.165, 1.54) is 0 Å². The number of nitrogens with zero attached hydrogens (tertiary/aromatic N) is 3. The van der Waals surface area contributed by atoms with Gasteiger partial charge in [-0.05, 0) is 37.3 Å². The lowest BCUT2D eigenvalue weighted by Gasteiger charge is -2.17. The average molecular weight is 283 g/mol. The summed E-state index contributed by atoms with van der Waals surface area (Å²) in [7, 11) is 0. The summed E-state index contributed by atoms with van der Waals surface area (Å²) in [5.74, 6) is 0.854. The van der Waals surface area contributed by atoms with Crippen LogP contribution in [0, 0.1) is 5.92 Å². The fraction of sp³-hybridized carbons (Fsp3) is 0.312. The van der Waals surface area contributed by atoms with Crippen LogP contribution in [-0.4, -0.2) is 27.1 Å². The van der Waals surface area contributed by atoms with Gasteiger partial charge in [0.15, 0.2) is 0 Å². The minimum absolute atomic E-state index is 0.311. The van der Waals surface area contributed by atoms with Crippen LogP contribution >= 0.6 is 0 Å². The maximum Gasteiger partial charge on any atom is 0.339 e. The number of imidazole rings is 1. The van der Waals surface area contributed by atoms with Gasteiger partial charge in [0.05, 0.1) is 12.2 Å². The summed E-state index contributed by atoms with van der Waals surface area (Å²) < 4.78 is 7.15. The predicted octanol–water partition coefficient (Wildman–Crippen LogP) is 2.78. The highest BCUT2D eigenvalue weighted by Crippen LogP contribution is 2.18. The number of aromatic nitrogens is 3. The summed E-state index contributed by atoms with van der Waals surface area (Å²) in [5.41, 5.74) is 0.477. The molecule has 1 atom stereocenters. The molecule has 2 aromatic heterocycles. The quantitative estimate of drug-likeness (QED) is 0.639. The van der Waals surface area contributed by atoms with Crippen molar-refractivity contribution < 1.29 is 9.53 Å². The Bertz CT molecular complexity index is 617. The third-order valence-corrected chi connectivity index (χ3v) is 3.58. The van der Waals surface area contributed by atoms with Crippen LogP contribution in [0.4, 0.5) is 0 Å². The molecule has 0 aliphatic heterocycles. The maximum absolute atomic E-state index is 12.0. The first-order valence-corrected chi connectivity index (χ1v) is 7.09. The number of carbonyl (C=O) groups is 1. The molecule has 3 rings (SSSR count). The first-order chi connectivity index (χ1) is 10.3. The van der Waals surface area contributed by atoms with Gasteiger partial charge in [0.25, 0.3) is 0 Å². The van der Waals surface area contributed by atoms with Crippen molar-refractivity contribution >= 4 is 5.97 Å². The summed E-state index contributed by atoms with van der Waals surface area (Å²) in [6.07, 6.45) is 14.2. The van der Waals surface area contributed by atoms with Crippen molar-refractivity contribution in [3.05, 3.63) is 54.8 Å². The Morgan fingerprint density at radius 1 is 1.38 bits per heavy atom. The summed E-state index contributed by atoms with van der Waals surface area (Å²) >= 11 is 0. The second kappa shape index (κ2) is 6.35. The lowest BCUT2D eigenvalue weighted by Crippen LogP contribution is -2.15. The van der Waals surface area contributed by atoms with Crippen molar-refractivity contribution in [3.8, 4) is 5.82 Å². The Labute approximate surface area is 123 Å². The molecule has 0 spiro atoms. The molecule has 21 heavy (non-hydrogen) atoms. The van der Waals surface area contributed by atoms with Gasteiger partial charge in [0, 0.05) is 18.6 Å². The van der Waals surface area contributed by atoms with E-state index in [1.54, 1.807) is 41.6 Å². The Kier molecular flexibility index (Phi) is 4.09. The normalized spacial score (nSPS) is 17.6. The Hall–Kier alpha value is -2.43. The fourth-order valence-corrected chi connectivity index (χ4v) is 2.34. The second-order valence-electron chi connectivity index (χ2n) is 5.12. The third-order valence-electron chi connectivity index (χ3n) is 3.58. The SMILES string of the molecule is O=C(OCC1CC=CCC1)c1ccc(-n2ccnc2)nc1. The van der Waals surface area contributed by atoms with Crippen LogP contribution in [0.2, 0.25) is 0 Å². The highest BCUT2D eigenvalue weighted by Gasteiger charge is 2.14. The van der Waals surface area contributed by atoms with Crippen molar-refractivity contribution in [2.75, 3.05) is 6.61 Å². The summed E-state index contributed by atoms with van der Waals surface area (Å²) in [6.45, 7) is 0.479. The molecule has 0 N–H and O–H groups in total. The number of ether oxygens (including phenoxy) is 1. The van der Waals surface area contributed by atoms with Crippen molar-refractivity contribution in [3.63, 3.8) is 0 Å². The van der Waals surface area contributed by atoms with E-state index in [2.05, 4.69) is 22.1 Å². The van der Waals surface area contributed by atoms with E-state index >= 15 is 0 Å². The molecule has 5 heteroatoms. The molecule has 2 aromatic rings. The fourth-order valence-electron chi connectivity index (χ4n) is 2.34. The van der Waals surface area contributed by atoms with Gasteiger partial charge in [0.2, 0.25) is 0 Å². The molecule has 0 amide bonds. The summed E-state index contributed by atoms with van der Waals surface area (Å²) in [6, 6.07) is 3.51. The molecule has 1 aliphatic rings. The monoisotopic (exact) mass is 283 g/mol. The molecule has 0 saturated heterocycles. The molecule has 0 radical (unpaired) electrons. The molecule has 108 valence electrons. The van der Waals surface area contributed by atoms with Crippen LogP contribution in [0.25, 0.3) is 5.82 Å². The lowest BCUT2D eigenvalue weighted by atomic mass is 9.95. The molecule has 1 unspecified atom stereocenters. The predicted molar refractivity (Wildman–Crippen MR) is 78.1 cm³/mol. The number of allylic oxidation sites excluding steroid dienone is 2. The molecule has 0 saturated carbocycles. The number of hydrogen-bond donors (Lipinski definition) is 0. The molecule has 0 bridgehead atoms. The lowest BCUT2D eigenvalue weighted by molar-refractivity contribution is 0.0432. The highest BCUT2D eigenvalue weighted by molar-refractivity contribution is 5.89. The van der Waals surface area contributed by atoms with E-state index in [9.17, 15) is 4.79 Å². The van der Waals surface area contributed by atoms with Crippen LogP contribution in [0.1, 0.15) is 29.6 Å². The van der Waals surface area contributed by atoms with Gasteiger partial charge in [-0.15, -0.1) is 0 Å². The molecule has 5 nitrogen and oxygen atoms in total. The molecule has 0 fully saturated rings. The zero-order valence-electron chi connectivity index (χ0n) is 11.7. The van der Waals surface area contributed by atoms with Crippen LogP contribution in [-0.2, 0) is 4.74 Å². The zero-order valence-corrected chi connectivity index (χ0v) is 11.7. The minimum atomic E-state index is -0.311.